The number of methoxy groups -OCH3 is 1. The maximum absolute atomic E-state index is 13.4. The molecule has 0 aliphatic rings. The molecule has 0 saturated carbocycles. The Morgan fingerprint density at radius 3 is 2.33 bits per heavy atom. The van der Waals surface area contributed by atoms with Gasteiger partial charge in [-0.05, 0) is 54.6 Å². The van der Waals surface area contributed by atoms with Gasteiger partial charge in [-0.25, -0.2) is 4.39 Å². The third-order valence-electron chi connectivity index (χ3n) is 5.25. The van der Waals surface area contributed by atoms with Gasteiger partial charge in [0.05, 0.1) is 6.54 Å². The second-order valence-corrected chi connectivity index (χ2v) is 8.93. The van der Waals surface area contributed by atoms with E-state index in [-0.39, 0.29) is 24.2 Å². The summed E-state index contributed by atoms with van der Waals surface area (Å²) in [6.45, 7) is 3.60. The van der Waals surface area contributed by atoms with Crippen molar-refractivity contribution >= 4 is 23.2 Å². The summed E-state index contributed by atoms with van der Waals surface area (Å²) >= 11 is 1.57. The van der Waals surface area contributed by atoms with Crippen molar-refractivity contribution in [2.24, 2.45) is 0 Å². The molecular formula is C26H29FN2O3S. The number of amides is 2. The van der Waals surface area contributed by atoms with Gasteiger partial charge >= 0.3 is 0 Å². The Bertz CT molecular complexity index is 1020. The molecule has 2 amide bonds. The number of hydrogen-bond acceptors (Lipinski definition) is 4. The van der Waals surface area contributed by atoms with Crippen molar-refractivity contribution in [3.05, 3.63) is 93.4 Å². The number of carbonyl (C=O) groups is 2. The van der Waals surface area contributed by atoms with Crippen LogP contribution in [-0.4, -0.2) is 48.4 Å². The van der Waals surface area contributed by atoms with Gasteiger partial charge in [-0.15, -0.1) is 11.3 Å². The number of halogens is 1. The number of rotatable bonds is 11. The highest BCUT2D eigenvalue weighted by Crippen LogP contribution is 2.16. The summed E-state index contributed by atoms with van der Waals surface area (Å²) in [7, 11) is 1.61. The van der Waals surface area contributed by atoms with Gasteiger partial charge < -0.3 is 14.5 Å². The van der Waals surface area contributed by atoms with E-state index in [2.05, 4.69) is 0 Å². The fraction of sp³-hybridized carbons (Fsp3) is 0.308. The first-order valence-corrected chi connectivity index (χ1v) is 11.7. The van der Waals surface area contributed by atoms with Gasteiger partial charge in [-0.1, -0.05) is 35.9 Å². The maximum atomic E-state index is 13.4. The summed E-state index contributed by atoms with van der Waals surface area (Å²) in [4.78, 5) is 30.9. The van der Waals surface area contributed by atoms with Crippen LogP contribution in [0, 0.1) is 12.7 Å². The average molecular weight is 469 g/mol. The van der Waals surface area contributed by atoms with Crippen molar-refractivity contribution in [1.29, 1.82) is 0 Å². The first-order chi connectivity index (χ1) is 16.0. The molecule has 0 spiro atoms. The molecule has 5 nitrogen and oxygen atoms in total. The smallest absolute Gasteiger partial charge is 0.254 e. The largest absolute Gasteiger partial charge is 0.385 e. The lowest BCUT2D eigenvalue weighted by molar-refractivity contribution is -0.133. The summed E-state index contributed by atoms with van der Waals surface area (Å²) in [5, 5.41) is 1.97. The van der Waals surface area contributed by atoms with E-state index in [0.717, 1.165) is 16.0 Å². The summed E-state index contributed by atoms with van der Waals surface area (Å²) in [5.41, 5.74) is 2.45. The Hall–Kier alpha value is -3.03. The van der Waals surface area contributed by atoms with E-state index in [0.29, 0.717) is 38.2 Å². The Morgan fingerprint density at radius 2 is 1.70 bits per heavy atom. The standard InChI is InChI=1S/C26H29FN2O3S/c1-20-6-10-22(11-7-20)26(31)28(14-4-15-32-2)19-25(30)29(18-24-5-3-16-33-24)17-21-8-12-23(27)13-9-21/h3,5-13,16H,4,14-15,17-19H2,1-2H3. The third-order valence-corrected chi connectivity index (χ3v) is 6.12. The lowest BCUT2D eigenvalue weighted by atomic mass is 10.1. The summed E-state index contributed by atoms with van der Waals surface area (Å²) < 4.78 is 18.5. The zero-order chi connectivity index (χ0) is 23.6. The van der Waals surface area contributed by atoms with Crippen molar-refractivity contribution < 1.29 is 18.7 Å². The molecule has 0 bridgehead atoms. The highest BCUT2D eigenvalue weighted by atomic mass is 32.1. The minimum atomic E-state index is -0.317. The van der Waals surface area contributed by atoms with Gasteiger partial charge in [-0.3, -0.25) is 9.59 Å². The zero-order valence-corrected chi connectivity index (χ0v) is 19.8. The van der Waals surface area contributed by atoms with Crippen molar-refractivity contribution in [2.75, 3.05) is 26.8 Å². The molecule has 0 unspecified atom stereocenters. The van der Waals surface area contributed by atoms with Crippen LogP contribution in [0.3, 0.4) is 0 Å². The van der Waals surface area contributed by atoms with Gasteiger partial charge in [0.15, 0.2) is 0 Å². The molecule has 0 saturated heterocycles. The van der Waals surface area contributed by atoms with Crippen LogP contribution in [-0.2, 0) is 22.6 Å². The van der Waals surface area contributed by atoms with Crippen LogP contribution in [0.5, 0.6) is 0 Å². The molecule has 2 aromatic carbocycles. The molecule has 3 aromatic rings. The molecule has 33 heavy (non-hydrogen) atoms. The Kier molecular flexibility index (Phi) is 9.15. The first-order valence-electron chi connectivity index (χ1n) is 10.9. The highest BCUT2D eigenvalue weighted by molar-refractivity contribution is 7.09. The van der Waals surface area contributed by atoms with Gasteiger partial charge in [0.25, 0.3) is 5.91 Å². The van der Waals surface area contributed by atoms with Crippen LogP contribution in [0.1, 0.15) is 32.8 Å². The van der Waals surface area contributed by atoms with E-state index in [1.807, 2.05) is 36.6 Å². The van der Waals surface area contributed by atoms with Crippen molar-refractivity contribution in [3.63, 3.8) is 0 Å². The molecule has 1 heterocycles. The molecule has 0 aliphatic heterocycles. The molecule has 0 fully saturated rings. The number of benzene rings is 2. The number of carbonyl (C=O) groups excluding carboxylic acids is 2. The zero-order valence-electron chi connectivity index (χ0n) is 19.0. The Labute approximate surface area is 198 Å². The van der Waals surface area contributed by atoms with Crippen molar-refractivity contribution in [3.8, 4) is 0 Å². The third kappa shape index (κ3) is 7.51. The maximum Gasteiger partial charge on any atom is 0.254 e. The molecule has 0 atom stereocenters. The molecule has 1 aromatic heterocycles. The SMILES string of the molecule is COCCCN(CC(=O)N(Cc1ccc(F)cc1)Cc1cccs1)C(=O)c1ccc(C)cc1. The van der Waals surface area contributed by atoms with Crippen LogP contribution >= 0.6 is 11.3 Å². The monoisotopic (exact) mass is 468 g/mol. The minimum Gasteiger partial charge on any atom is -0.385 e. The minimum absolute atomic E-state index is 0.0387. The Balaban J connectivity index is 1.78. The molecule has 7 heteroatoms. The molecule has 174 valence electrons. The fourth-order valence-corrected chi connectivity index (χ4v) is 4.15. The summed E-state index contributed by atoms with van der Waals surface area (Å²) in [5.74, 6) is -0.661. The molecule has 0 aliphatic carbocycles. The lowest BCUT2D eigenvalue weighted by Gasteiger charge is -2.28. The van der Waals surface area contributed by atoms with E-state index in [9.17, 15) is 14.0 Å². The number of nitrogens with zero attached hydrogens (tertiary/aromatic N) is 2. The molecule has 0 N–H and O–H groups in total. The predicted molar refractivity (Wildman–Crippen MR) is 129 cm³/mol. The fourth-order valence-electron chi connectivity index (χ4n) is 3.43. The van der Waals surface area contributed by atoms with Crippen LogP contribution in [0.15, 0.2) is 66.0 Å². The van der Waals surface area contributed by atoms with Crippen LogP contribution in [0.25, 0.3) is 0 Å². The van der Waals surface area contributed by atoms with E-state index < -0.39 is 0 Å². The van der Waals surface area contributed by atoms with Gasteiger partial charge in [0.1, 0.15) is 12.4 Å². The number of hydrogen-bond donors (Lipinski definition) is 0. The van der Waals surface area contributed by atoms with Crippen molar-refractivity contribution in [2.45, 2.75) is 26.4 Å². The van der Waals surface area contributed by atoms with Gasteiger partial charge in [0.2, 0.25) is 5.91 Å². The molecule has 3 rings (SSSR count). The topological polar surface area (TPSA) is 49.9 Å². The van der Waals surface area contributed by atoms with E-state index in [1.165, 1.54) is 12.1 Å². The van der Waals surface area contributed by atoms with E-state index in [4.69, 9.17) is 4.74 Å². The predicted octanol–water partition coefficient (Wildman–Crippen LogP) is 4.90. The summed E-state index contributed by atoms with van der Waals surface area (Å²) in [6, 6.07) is 17.4. The number of ether oxygens (including phenoxy) is 1. The number of aryl methyl sites for hydroxylation is 1. The second kappa shape index (κ2) is 12.3. The van der Waals surface area contributed by atoms with E-state index >= 15 is 0 Å². The lowest BCUT2D eigenvalue weighted by Crippen LogP contribution is -2.43. The van der Waals surface area contributed by atoms with E-state index in [1.54, 1.807) is 52.5 Å². The first kappa shape index (κ1) is 24.6. The highest BCUT2D eigenvalue weighted by Gasteiger charge is 2.23. The van der Waals surface area contributed by atoms with Crippen molar-refractivity contribution in [1.82, 2.24) is 9.80 Å². The molecule has 0 radical (unpaired) electrons. The van der Waals surface area contributed by atoms with Crippen LogP contribution < -0.4 is 0 Å². The normalized spacial score (nSPS) is 10.8. The van der Waals surface area contributed by atoms with Crippen LogP contribution in [0.2, 0.25) is 0 Å². The number of thiophene rings is 1. The Morgan fingerprint density at radius 1 is 0.970 bits per heavy atom. The van der Waals surface area contributed by atoms with Gasteiger partial charge in [0, 0.05) is 37.2 Å². The quantitative estimate of drug-likeness (QED) is 0.376. The summed E-state index contributed by atoms with van der Waals surface area (Å²) in [6.07, 6.45) is 0.629. The van der Waals surface area contributed by atoms with Gasteiger partial charge in [-0.2, -0.15) is 0 Å². The second-order valence-electron chi connectivity index (χ2n) is 7.89. The van der Waals surface area contributed by atoms with Crippen LogP contribution in [0.4, 0.5) is 4.39 Å². The average Bonchev–Trinajstić information content (AvgIpc) is 3.33. The molecular weight excluding hydrogens is 439 g/mol.